The Bertz CT molecular complexity index is 2430. The van der Waals surface area contributed by atoms with Crippen molar-refractivity contribution in [3.05, 3.63) is 132 Å². The summed E-state index contributed by atoms with van der Waals surface area (Å²) in [6.45, 7) is 11.6. The minimum absolute atomic E-state index is 0.0151. The zero-order valence-electron chi connectivity index (χ0n) is 25.5. The van der Waals surface area contributed by atoms with Crippen LogP contribution in [0, 0.1) is 0 Å². The van der Waals surface area contributed by atoms with Gasteiger partial charge in [0.1, 0.15) is 0 Å². The molecule has 0 fully saturated rings. The van der Waals surface area contributed by atoms with E-state index >= 15 is 0 Å². The van der Waals surface area contributed by atoms with Crippen LogP contribution in [0.5, 0.6) is 0 Å². The van der Waals surface area contributed by atoms with Crippen LogP contribution in [-0.2, 0) is 10.8 Å². The van der Waals surface area contributed by atoms with E-state index in [1.165, 1.54) is 92.8 Å². The molecular formula is C43H34. The molecule has 0 aromatic heterocycles. The lowest BCUT2D eigenvalue weighted by Gasteiger charge is -2.22. The van der Waals surface area contributed by atoms with Crippen LogP contribution >= 0.6 is 0 Å². The minimum Gasteiger partial charge on any atom is -0.0619 e. The molecule has 0 nitrogen and oxygen atoms in total. The lowest BCUT2D eigenvalue weighted by Crippen LogP contribution is -2.14. The first kappa shape index (κ1) is 24.9. The van der Waals surface area contributed by atoms with Crippen LogP contribution < -0.4 is 0 Å². The van der Waals surface area contributed by atoms with E-state index in [1.54, 1.807) is 0 Å². The summed E-state index contributed by atoms with van der Waals surface area (Å²) in [5.74, 6) is 0. The summed E-state index contributed by atoms with van der Waals surface area (Å²) < 4.78 is 0. The van der Waals surface area contributed by atoms with E-state index in [0.717, 1.165) is 0 Å². The second kappa shape index (κ2) is 8.23. The quantitative estimate of drug-likeness (QED) is 0.178. The Labute approximate surface area is 252 Å². The Balaban J connectivity index is 1.29. The molecule has 0 radical (unpaired) electrons. The Morgan fingerprint density at radius 2 is 1.09 bits per heavy atom. The van der Waals surface area contributed by atoms with Crippen molar-refractivity contribution >= 4 is 53.9 Å². The van der Waals surface area contributed by atoms with Crippen molar-refractivity contribution in [1.29, 1.82) is 0 Å². The Morgan fingerprint density at radius 1 is 0.442 bits per heavy atom. The van der Waals surface area contributed by atoms with Crippen molar-refractivity contribution in [2.24, 2.45) is 0 Å². The molecule has 0 amide bonds. The van der Waals surface area contributed by atoms with Crippen molar-refractivity contribution in [2.75, 3.05) is 0 Å². The molecule has 0 heteroatoms. The van der Waals surface area contributed by atoms with Gasteiger partial charge in [-0.25, -0.2) is 0 Å². The molecule has 206 valence electrons. The summed E-state index contributed by atoms with van der Waals surface area (Å²) >= 11 is 0. The molecule has 0 bridgehead atoms. The molecule has 0 spiro atoms. The molecule has 9 rings (SSSR count). The maximum absolute atomic E-state index is 2.48. The SMILES string of the molecule is CC(C)(C)c1cc2ccc3ccc(-c4ccc5ccc6cc7c(cc6c5c4)C(C)(C)c4ccccc4-7)c4ccc(c1)c2c34. The number of hydrogen-bond acceptors (Lipinski definition) is 0. The predicted octanol–water partition coefficient (Wildman–Crippen LogP) is 12.2. The van der Waals surface area contributed by atoms with E-state index in [4.69, 9.17) is 0 Å². The summed E-state index contributed by atoms with van der Waals surface area (Å²) in [5.41, 5.74) is 9.67. The molecule has 0 unspecified atom stereocenters. The molecule has 0 N–H and O–H groups in total. The summed E-state index contributed by atoms with van der Waals surface area (Å²) in [5, 5.41) is 13.3. The van der Waals surface area contributed by atoms with E-state index in [1.807, 2.05) is 0 Å². The van der Waals surface area contributed by atoms with Crippen LogP contribution in [-0.4, -0.2) is 0 Å². The van der Waals surface area contributed by atoms with Crippen LogP contribution in [0.4, 0.5) is 0 Å². The second-order valence-corrected chi connectivity index (χ2v) is 14.2. The Kier molecular flexibility index (Phi) is 4.76. The van der Waals surface area contributed by atoms with Gasteiger partial charge < -0.3 is 0 Å². The highest BCUT2D eigenvalue weighted by Gasteiger charge is 2.35. The van der Waals surface area contributed by atoms with Gasteiger partial charge in [0.05, 0.1) is 0 Å². The van der Waals surface area contributed by atoms with E-state index < -0.39 is 0 Å². The van der Waals surface area contributed by atoms with Gasteiger partial charge in [-0.1, -0.05) is 132 Å². The topological polar surface area (TPSA) is 0 Å². The van der Waals surface area contributed by atoms with Crippen molar-refractivity contribution in [2.45, 2.75) is 45.4 Å². The molecule has 43 heavy (non-hydrogen) atoms. The van der Waals surface area contributed by atoms with Crippen LogP contribution in [0.1, 0.15) is 51.3 Å². The largest absolute Gasteiger partial charge is 0.0619 e. The van der Waals surface area contributed by atoms with Crippen LogP contribution in [0.3, 0.4) is 0 Å². The van der Waals surface area contributed by atoms with Crippen molar-refractivity contribution < 1.29 is 0 Å². The molecule has 1 aliphatic carbocycles. The first-order valence-electron chi connectivity index (χ1n) is 15.5. The number of fused-ring (bicyclic) bond motifs is 6. The van der Waals surface area contributed by atoms with Gasteiger partial charge in [-0.2, -0.15) is 0 Å². The lowest BCUT2D eigenvalue weighted by molar-refractivity contribution is 0.591. The molecule has 8 aromatic carbocycles. The Hall–Kier alpha value is -4.68. The molecule has 0 aliphatic heterocycles. The zero-order chi connectivity index (χ0) is 29.2. The molecule has 0 atom stereocenters. The average molecular weight is 551 g/mol. The highest BCUT2D eigenvalue weighted by atomic mass is 14.4. The van der Waals surface area contributed by atoms with Crippen LogP contribution in [0.25, 0.3) is 76.1 Å². The normalized spacial score (nSPS) is 14.3. The van der Waals surface area contributed by atoms with Crippen LogP contribution in [0.15, 0.2) is 115 Å². The summed E-state index contributed by atoms with van der Waals surface area (Å²) in [4.78, 5) is 0. The number of benzene rings is 8. The monoisotopic (exact) mass is 550 g/mol. The predicted molar refractivity (Wildman–Crippen MR) is 187 cm³/mol. The fraction of sp³-hybridized carbons (Fsp3) is 0.163. The molecule has 0 heterocycles. The third kappa shape index (κ3) is 3.38. The van der Waals surface area contributed by atoms with Gasteiger partial charge in [0.2, 0.25) is 0 Å². The van der Waals surface area contributed by atoms with Gasteiger partial charge in [-0.3, -0.25) is 0 Å². The zero-order valence-corrected chi connectivity index (χ0v) is 25.5. The fourth-order valence-electron chi connectivity index (χ4n) is 7.92. The lowest BCUT2D eigenvalue weighted by atomic mass is 9.81. The van der Waals surface area contributed by atoms with Gasteiger partial charge >= 0.3 is 0 Å². The molecule has 8 aromatic rings. The minimum atomic E-state index is -0.0151. The molecule has 1 aliphatic rings. The first-order valence-corrected chi connectivity index (χ1v) is 15.5. The van der Waals surface area contributed by atoms with E-state index in [9.17, 15) is 0 Å². The molecule has 0 saturated heterocycles. The van der Waals surface area contributed by atoms with E-state index in [-0.39, 0.29) is 10.8 Å². The van der Waals surface area contributed by atoms with Crippen molar-refractivity contribution in [3.63, 3.8) is 0 Å². The van der Waals surface area contributed by atoms with Gasteiger partial charge in [0.25, 0.3) is 0 Å². The summed E-state index contributed by atoms with van der Waals surface area (Å²) in [6.07, 6.45) is 0. The van der Waals surface area contributed by atoms with Gasteiger partial charge in [-0.15, -0.1) is 0 Å². The summed E-state index contributed by atoms with van der Waals surface area (Å²) in [7, 11) is 0. The van der Waals surface area contributed by atoms with Crippen molar-refractivity contribution in [1.82, 2.24) is 0 Å². The maximum Gasteiger partial charge on any atom is 0.0159 e. The van der Waals surface area contributed by atoms with Gasteiger partial charge in [-0.05, 0) is 116 Å². The first-order chi connectivity index (χ1) is 20.7. The van der Waals surface area contributed by atoms with Crippen molar-refractivity contribution in [3.8, 4) is 22.3 Å². The highest BCUT2D eigenvalue weighted by molar-refractivity contribution is 6.26. The fourth-order valence-corrected chi connectivity index (χ4v) is 7.92. The van der Waals surface area contributed by atoms with Gasteiger partial charge in [0, 0.05) is 5.41 Å². The third-order valence-electron chi connectivity index (χ3n) is 10.3. The van der Waals surface area contributed by atoms with Gasteiger partial charge in [0.15, 0.2) is 0 Å². The standard InChI is InChI=1S/C43H34/c1-42(2,3)31-20-29-15-12-26-16-18-32(34-19-17-30(21-31)40(29)41(26)34)27-13-10-25-11-14-28-23-37-33-8-6-7-9-38(33)43(4,5)39(37)24-36(28)35(25)22-27/h6-24H,1-5H3. The highest BCUT2D eigenvalue weighted by Crippen LogP contribution is 2.50. The Morgan fingerprint density at radius 3 is 1.91 bits per heavy atom. The third-order valence-corrected chi connectivity index (χ3v) is 10.3. The number of hydrogen-bond donors (Lipinski definition) is 0. The van der Waals surface area contributed by atoms with E-state index in [0.29, 0.717) is 0 Å². The molecular weight excluding hydrogens is 516 g/mol. The van der Waals surface area contributed by atoms with Crippen LogP contribution in [0.2, 0.25) is 0 Å². The molecule has 0 saturated carbocycles. The average Bonchev–Trinajstić information content (AvgIpc) is 3.23. The number of rotatable bonds is 1. The second-order valence-electron chi connectivity index (χ2n) is 14.2. The summed E-state index contributed by atoms with van der Waals surface area (Å²) in [6, 6.07) is 44.2. The maximum atomic E-state index is 2.48. The smallest absolute Gasteiger partial charge is 0.0159 e. The van der Waals surface area contributed by atoms with E-state index in [2.05, 4.69) is 150 Å².